The maximum Gasteiger partial charge on any atom is 0.317 e. The lowest BCUT2D eigenvalue weighted by molar-refractivity contribution is 0.102. The van der Waals surface area contributed by atoms with Crippen molar-refractivity contribution in [2.24, 2.45) is 0 Å². The zero-order valence-electron chi connectivity index (χ0n) is 13.3. The van der Waals surface area contributed by atoms with Crippen LogP contribution in [0.15, 0.2) is 24.3 Å². The third-order valence-electron chi connectivity index (χ3n) is 4.34. The van der Waals surface area contributed by atoms with Crippen LogP contribution in [-0.4, -0.2) is 53.7 Å². The number of aliphatic hydroxyl groups is 1. The summed E-state index contributed by atoms with van der Waals surface area (Å²) in [6, 6.07) is 7.60. The lowest BCUT2D eigenvalue weighted by atomic mass is 9.98. The second kappa shape index (κ2) is 6.03. The molecule has 0 fully saturated rings. The number of likely N-dealkylation sites (N-methyl/N-ethyl adjacent to an activating group) is 1. The molecule has 5 heteroatoms. The highest BCUT2D eigenvalue weighted by molar-refractivity contribution is 5.74. The standard InChI is InChI=1S/C16H25N3O2/c1-16(2,18(3)4)11-17-15(21)19-9-12-7-5-6-8-13(12)14(20)10-19/h5-8,14,20H,9-11H2,1-4H3,(H,17,21)/t14-/m0/s1. The van der Waals surface area contributed by atoms with Gasteiger partial charge in [-0.25, -0.2) is 4.79 Å². The van der Waals surface area contributed by atoms with E-state index >= 15 is 0 Å². The molecule has 1 aromatic carbocycles. The van der Waals surface area contributed by atoms with Crippen LogP contribution in [0.3, 0.4) is 0 Å². The largest absolute Gasteiger partial charge is 0.387 e. The summed E-state index contributed by atoms with van der Waals surface area (Å²) >= 11 is 0. The van der Waals surface area contributed by atoms with Gasteiger partial charge in [-0.2, -0.15) is 0 Å². The summed E-state index contributed by atoms with van der Waals surface area (Å²) < 4.78 is 0. The van der Waals surface area contributed by atoms with Gasteiger partial charge in [-0.15, -0.1) is 0 Å². The normalized spacial score (nSPS) is 18.6. The molecule has 0 aromatic heterocycles. The lowest BCUT2D eigenvalue weighted by Gasteiger charge is -2.35. The van der Waals surface area contributed by atoms with Crippen LogP contribution in [0.5, 0.6) is 0 Å². The number of amides is 2. The monoisotopic (exact) mass is 291 g/mol. The van der Waals surface area contributed by atoms with Gasteiger partial charge in [-0.05, 0) is 39.1 Å². The molecule has 2 rings (SSSR count). The molecule has 0 unspecified atom stereocenters. The number of hydrogen-bond acceptors (Lipinski definition) is 3. The van der Waals surface area contributed by atoms with Crippen LogP contribution in [-0.2, 0) is 6.54 Å². The first kappa shape index (κ1) is 15.8. The Morgan fingerprint density at radius 1 is 1.43 bits per heavy atom. The summed E-state index contributed by atoms with van der Waals surface area (Å²) in [6.07, 6.45) is -0.609. The number of carbonyl (C=O) groups is 1. The molecular weight excluding hydrogens is 266 g/mol. The number of nitrogens with zero attached hydrogens (tertiary/aromatic N) is 2. The van der Waals surface area contributed by atoms with E-state index in [-0.39, 0.29) is 11.6 Å². The van der Waals surface area contributed by atoms with Crippen molar-refractivity contribution in [2.75, 3.05) is 27.2 Å². The topological polar surface area (TPSA) is 55.8 Å². The lowest BCUT2D eigenvalue weighted by Crippen LogP contribution is -2.52. The van der Waals surface area contributed by atoms with E-state index in [9.17, 15) is 9.90 Å². The third kappa shape index (κ3) is 3.54. The molecule has 0 saturated heterocycles. The van der Waals surface area contributed by atoms with Gasteiger partial charge >= 0.3 is 6.03 Å². The Bertz CT molecular complexity index is 514. The minimum Gasteiger partial charge on any atom is -0.387 e. The summed E-state index contributed by atoms with van der Waals surface area (Å²) in [5, 5.41) is 13.1. The van der Waals surface area contributed by atoms with Gasteiger partial charge in [-0.3, -0.25) is 0 Å². The Hall–Kier alpha value is -1.59. The average Bonchev–Trinajstić information content (AvgIpc) is 2.44. The minimum absolute atomic E-state index is 0.109. The van der Waals surface area contributed by atoms with Crippen molar-refractivity contribution in [1.82, 2.24) is 15.1 Å². The number of nitrogens with one attached hydrogen (secondary N) is 1. The first-order valence-electron chi connectivity index (χ1n) is 7.27. The highest BCUT2D eigenvalue weighted by Crippen LogP contribution is 2.26. The molecule has 1 heterocycles. The van der Waals surface area contributed by atoms with E-state index in [4.69, 9.17) is 0 Å². The summed E-state index contributed by atoms with van der Waals surface area (Å²) in [5.74, 6) is 0. The summed E-state index contributed by atoms with van der Waals surface area (Å²) in [5.41, 5.74) is 1.83. The minimum atomic E-state index is -0.609. The molecule has 0 spiro atoms. The predicted molar refractivity (Wildman–Crippen MR) is 83.0 cm³/mol. The molecule has 1 aliphatic heterocycles. The summed E-state index contributed by atoms with van der Waals surface area (Å²) in [6.45, 7) is 5.60. The van der Waals surface area contributed by atoms with Gasteiger partial charge in [0, 0.05) is 18.6 Å². The van der Waals surface area contributed by atoms with E-state index in [1.54, 1.807) is 4.90 Å². The van der Waals surface area contributed by atoms with Crippen LogP contribution >= 0.6 is 0 Å². The fraction of sp³-hybridized carbons (Fsp3) is 0.562. The Morgan fingerprint density at radius 2 is 2.10 bits per heavy atom. The third-order valence-corrected chi connectivity index (χ3v) is 4.34. The molecule has 0 radical (unpaired) electrons. The maximum atomic E-state index is 12.3. The van der Waals surface area contributed by atoms with Crippen molar-refractivity contribution in [1.29, 1.82) is 0 Å². The molecule has 21 heavy (non-hydrogen) atoms. The predicted octanol–water partition coefficient (Wildman–Crippen LogP) is 1.59. The Morgan fingerprint density at radius 3 is 2.76 bits per heavy atom. The second-order valence-corrected chi connectivity index (χ2v) is 6.46. The van der Waals surface area contributed by atoms with Crippen LogP contribution in [0.25, 0.3) is 0 Å². The van der Waals surface area contributed by atoms with E-state index < -0.39 is 6.10 Å². The number of urea groups is 1. The van der Waals surface area contributed by atoms with Crippen molar-refractivity contribution >= 4 is 6.03 Å². The van der Waals surface area contributed by atoms with E-state index in [2.05, 4.69) is 24.1 Å². The molecule has 1 aromatic rings. The number of β-amino-alcohol motifs (C(OH)–C–C–N with tert-alkyl or cyclic N) is 1. The molecule has 5 nitrogen and oxygen atoms in total. The van der Waals surface area contributed by atoms with E-state index in [0.29, 0.717) is 19.6 Å². The average molecular weight is 291 g/mol. The van der Waals surface area contributed by atoms with Crippen LogP contribution in [0.2, 0.25) is 0 Å². The van der Waals surface area contributed by atoms with Crippen LogP contribution in [0.4, 0.5) is 4.79 Å². The summed E-state index contributed by atoms with van der Waals surface area (Å²) in [4.78, 5) is 16.1. The van der Waals surface area contributed by atoms with E-state index in [1.807, 2.05) is 38.4 Å². The van der Waals surface area contributed by atoms with Gasteiger partial charge < -0.3 is 20.2 Å². The quantitative estimate of drug-likeness (QED) is 0.889. The van der Waals surface area contributed by atoms with Crippen molar-refractivity contribution in [3.8, 4) is 0 Å². The number of rotatable bonds is 3. The number of carbonyl (C=O) groups excluding carboxylic acids is 1. The molecular formula is C16H25N3O2. The van der Waals surface area contributed by atoms with E-state index in [1.165, 1.54) is 0 Å². The van der Waals surface area contributed by atoms with Crippen LogP contribution in [0, 0.1) is 0 Å². The van der Waals surface area contributed by atoms with Gasteiger partial charge in [0.2, 0.25) is 0 Å². The van der Waals surface area contributed by atoms with Crippen LogP contribution < -0.4 is 5.32 Å². The number of aliphatic hydroxyl groups excluding tert-OH is 1. The smallest absolute Gasteiger partial charge is 0.317 e. The Labute approximate surface area is 126 Å². The maximum absolute atomic E-state index is 12.3. The van der Waals surface area contributed by atoms with Gasteiger partial charge in [0.25, 0.3) is 0 Å². The Balaban J connectivity index is 1.99. The highest BCUT2D eigenvalue weighted by Gasteiger charge is 2.28. The van der Waals surface area contributed by atoms with Gasteiger partial charge in [-0.1, -0.05) is 24.3 Å². The van der Waals surface area contributed by atoms with Crippen LogP contribution in [0.1, 0.15) is 31.1 Å². The van der Waals surface area contributed by atoms with Crippen molar-refractivity contribution in [2.45, 2.75) is 32.0 Å². The Kier molecular flexibility index (Phi) is 4.54. The van der Waals surface area contributed by atoms with Crippen molar-refractivity contribution in [3.63, 3.8) is 0 Å². The van der Waals surface area contributed by atoms with E-state index in [0.717, 1.165) is 11.1 Å². The highest BCUT2D eigenvalue weighted by atomic mass is 16.3. The zero-order chi connectivity index (χ0) is 15.6. The molecule has 0 aliphatic carbocycles. The zero-order valence-corrected chi connectivity index (χ0v) is 13.3. The fourth-order valence-corrected chi connectivity index (χ4v) is 2.30. The second-order valence-electron chi connectivity index (χ2n) is 6.46. The van der Waals surface area contributed by atoms with Crippen molar-refractivity contribution < 1.29 is 9.90 Å². The summed E-state index contributed by atoms with van der Waals surface area (Å²) in [7, 11) is 3.99. The van der Waals surface area contributed by atoms with Crippen molar-refractivity contribution in [3.05, 3.63) is 35.4 Å². The molecule has 2 amide bonds. The molecule has 1 atom stereocenters. The molecule has 116 valence electrons. The number of benzene rings is 1. The molecule has 1 aliphatic rings. The fourth-order valence-electron chi connectivity index (χ4n) is 2.30. The number of fused-ring (bicyclic) bond motifs is 1. The first-order chi connectivity index (χ1) is 9.81. The van der Waals surface area contributed by atoms with Gasteiger partial charge in [0.15, 0.2) is 0 Å². The van der Waals surface area contributed by atoms with Gasteiger partial charge in [0.05, 0.1) is 12.6 Å². The molecule has 0 saturated carbocycles. The first-order valence-corrected chi connectivity index (χ1v) is 7.27. The van der Waals surface area contributed by atoms with Gasteiger partial charge in [0.1, 0.15) is 0 Å². The molecule has 2 N–H and O–H groups in total. The molecule has 0 bridgehead atoms. The number of hydrogen-bond donors (Lipinski definition) is 2. The SMILES string of the molecule is CN(C)C(C)(C)CNC(=O)N1Cc2ccccc2[C@@H](O)C1.